The van der Waals surface area contributed by atoms with Crippen molar-refractivity contribution < 1.29 is 48.3 Å². The first kappa shape index (κ1) is 33.5. The van der Waals surface area contributed by atoms with E-state index in [2.05, 4.69) is 0 Å². The van der Waals surface area contributed by atoms with Crippen LogP contribution in [0.3, 0.4) is 0 Å². The van der Waals surface area contributed by atoms with Gasteiger partial charge in [0.2, 0.25) is 0 Å². The number of nitriles is 5. The van der Waals surface area contributed by atoms with Crippen LogP contribution in [0.5, 0.6) is 0 Å². The zero-order chi connectivity index (χ0) is 35.4. The Kier molecular flexibility index (Phi) is 8.41. The first-order valence-corrected chi connectivity index (χ1v) is 12.2. The van der Waals surface area contributed by atoms with E-state index in [1.54, 1.807) is 0 Å². The molecule has 3 aromatic carbocycles. The van der Waals surface area contributed by atoms with Crippen molar-refractivity contribution >= 4 is 16.7 Å². The van der Waals surface area contributed by atoms with Gasteiger partial charge in [-0.15, -0.1) is 0 Å². The number of hydrogen-bond acceptors (Lipinski definition) is 5. The summed E-state index contributed by atoms with van der Waals surface area (Å²) in [6, 6.07) is 5.17. The van der Waals surface area contributed by atoms with E-state index in [1.807, 2.05) is 0 Å². The molecule has 0 radical (unpaired) electrons. The van der Waals surface area contributed by atoms with Crippen LogP contribution < -0.4 is 0 Å². The summed E-state index contributed by atoms with van der Waals surface area (Å²) < 4.78 is 163. The number of hydrogen-bond donors (Lipinski definition) is 0. The van der Waals surface area contributed by atoms with E-state index >= 15 is 22.0 Å². The molecule has 1 aliphatic rings. The largest absolute Gasteiger partial charge is 0.205 e. The van der Waals surface area contributed by atoms with E-state index in [-0.39, 0.29) is 0 Å². The Morgan fingerprint density at radius 2 is 0.702 bits per heavy atom. The number of benzene rings is 3. The van der Waals surface area contributed by atoms with Gasteiger partial charge in [-0.3, -0.25) is 0 Å². The normalized spacial score (nSPS) is 15.1. The summed E-state index contributed by atoms with van der Waals surface area (Å²) in [5, 5.41) is 46.6. The molecular weight excluding hydrogens is 651 g/mol. The summed E-state index contributed by atoms with van der Waals surface area (Å²) in [6.07, 6.45) is 0. The van der Waals surface area contributed by atoms with Crippen LogP contribution in [-0.4, -0.2) is 0 Å². The van der Waals surface area contributed by atoms with Gasteiger partial charge in [-0.05, 0) is 30.6 Å². The van der Waals surface area contributed by atoms with E-state index in [0.29, 0.717) is 6.92 Å². The fraction of sp³-hybridized carbons (Fsp3) is 0.0645. The molecule has 4 rings (SSSR count). The molecule has 1 saturated carbocycles. The summed E-state index contributed by atoms with van der Waals surface area (Å²) in [7, 11) is 0. The van der Waals surface area contributed by atoms with Gasteiger partial charge in [-0.2, -0.15) is 26.3 Å². The molecule has 0 atom stereocenters. The van der Waals surface area contributed by atoms with Crippen molar-refractivity contribution in [1.29, 1.82) is 26.3 Å². The van der Waals surface area contributed by atoms with Crippen LogP contribution in [0.4, 0.5) is 48.3 Å². The fourth-order valence-electron chi connectivity index (χ4n) is 4.84. The molecule has 0 aliphatic heterocycles. The second-order valence-corrected chi connectivity index (χ2v) is 9.39. The van der Waals surface area contributed by atoms with Gasteiger partial charge in [0, 0.05) is 16.7 Å². The molecule has 0 bridgehead atoms. The fourth-order valence-corrected chi connectivity index (χ4v) is 4.84. The monoisotopic (exact) mass is 657 g/mol. The van der Waals surface area contributed by atoms with Gasteiger partial charge >= 0.3 is 0 Å². The average molecular weight is 657 g/mol. The van der Waals surface area contributed by atoms with Crippen LogP contribution in [0.25, 0.3) is 16.7 Å². The van der Waals surface area contributed by atoms with Gasteiger partial charge in [0.05, 0.1) is 22.3 Å². The highest BCUT2D eigenvalue weighted by Crippen LogP contribution is 2.57. The molecule has 0 aromatic heterocycles. The van der Waals surface area contributed by atoms with E-state index in [0.717, 1.165) is 31.2 Å². The molecule has 0 unspecified atom stereocenters. The van der Waals surface area contributed by atoms with Gasteiger partial charge in [-0.25, -0.2) is 48.3 Å². The molecule has 1 fully saturated rings. The number of halogens is 11. The van der Waals surface area contributed by atoms with Crippen LogP contribution in [0.15, 0.2) is 16.7 Å². The quantitative estimate of drug-likeness (QED) is 0.161. The highest BCUT2D eigenvalue weighted by atomic mass is 19.2. The van der Waals surface area contributed by atoms with Crippen molar-refractivity contribution in [3.63, 3.8) is 0 Å². The van der Waals surface area contributed by atoms with Gasteiger partial charge in [0.15, 0.2) is 58.2 Å². The molecule has 47 heavy (non-hydrogen) atoms. The lowest BCUT2D eigenvalue weighted by Gasteiger charge is -2.10. The van der Waals surface area contributed by atoms with E-state index in [9.17, 15) is 36.9 Å². The Morgan fingerprint density at radius 1 is 0.404 bits per heavy atom. The van der Waals surface area contributed by atoms with Gasteiger partial charge in [-0.1, -0.05) is 0 Å². The zero-order valence-electron chi connectivity index (χ0n) is 22.9. The van der Waals surface area contributed by atoms with Crippen LogP contribution in [0.1, 0.15) is 45.9 Å². The van der Waals surface area contributed by atoms with Gasteiger partial charge in [0.1, 0.15) is 52.9 Å². The number of allylic oxidation sites excluding steroid dienone is 6. The highest BCUT2D eigenvalue weighted by molar-refractivity contribution is 6.10. The molecule has 1 aliphatic carbocycles. The molecule has 5 nitrogen and oxygen atoms in total. The third-order valence-corrected chi connectivity index (χ3v) is 7.08. The molecule has 0 amide bonds. The molecule has 0 heterocycles. The zero-order valence-corrected chi connectivity index (χ0v) is 22.9. The van der Waals surface area contributed by atoms with Gasteiger partial charge < -0.3 is 0 Å². The Hall–Kier alpha value is -6.44. The molecular formula is C31H6F11N5. The van der Waals surface area contributed by atoms with Crippen LogP contribution in [-0.2, 0) is 0 Å². The van der Waals surface area contributed by atoms with Crippen LogP contribution >= 0.6 is 0 Å². The lowest BCUT2D eigenvalue weighted by Crippen LogP contribution is -2.06. The van der Waals surface area contributed by atoms with Crippen LogP contribution in [0, 0.1) is 128 Å². The maximum atomic E-state index is 15.3. The third-order valence-electron chi connectivity index (χ3n) is 7.08. The lowest BCUT2D eigenvalue weighted by atomic mass is 9.95. The molecule has 0 saturated heterocycles. The highest BCUT2D eigenvalue weighted by Gasteiger charge is 2.44. The maximum Gasteiger partial charge on any atom is 0.180 e. The third kappa shape index (κ3) is 4.65. The Morgan fingerprint density at radius 3 is 1.04 bits per heavy atom. The topological polar surface area (TPSA) is 119 Å². The van der Waals surface area contributed by atoms with E-state index in [1.165, 1.54) is 6.07 Å². The van der Waals surface area contributed by atoms with Crippen LogP contribution in [0.2, 0.25) is 0 Å². The average Bonchev–Trinajstić information content (AvgIpc) is 3.77. The summed E-state index contributed by atoms with van der Waals surface area (Å²) in [5.74, 6) is -24.3. The van der Waals surface area contributed by atoms with Crippen molar-refractivity contribution in [2.75, 3.05) is 0 Å². The van der Waals surface area contributed by atoms with E-state index < -0.39 is 136 Å². The Bertz CT molecular complexity index is 2130. The maximum absolute atomic E-state index is 15.3. The summed E-state index contributed by atoms with van der Waals surface area (Å²) in [6.45, 7) is 1.38. The van der Waals surface area contributed by atoms with Crippen molar-refractivity contribution in [1.82, 2.24) is 0 Å². The molecule has 232 valence electrons. The second kappa shape index (κ2) is 11.8. The van der Waals surface area contributed by atoms with Crippen molar-refractivity contribution in [2.45, 2.75) is 13.8 Å². The molecule has 0 N–H and O–H groups in total. The van der Waals surface area contributed by atoms with Gasteiger partial charge in [0.25, 0.3) is 0 Å². The minimum absolute atomic E-state index is 0.647. The summed E-state index contributed by atoms with van der Waals surface area (Å²) in [5.41, 5.74) is -17.5. The lowest BCUT2D eigenvalue weighted by molar-refractivity contribution is 0.446. The molecule has 0 spiro atoms. The first-order chi connectivity index (χ1) is 22.1. The first-order valence-electron chi connectivity index (χ1n) is 12.2. The van der Waals surface area contributed by atoms with E-state index in [4.69, 9.17) is 15.8 Å². The number of rotatable bonds is 3. The Balaban J connectivity index is 2.33. The smallest absolute Gasteiger partial charge is 0.180 e. The molecule has 3 aromatic rings. The second-order valence-electron chi connectivity index (χ2n) is 9.39. The SMILES string of the molecule is C/C(=C1\C(=C(C#N)c2c(C)c(F)c(C#N)c(F)c2F)\C1=C(\C#N)c1c(F)c(F)c(C#N)c(F)c1F)c1c(F)c(F)c(C#N)c(F)c1F. The predicted molar refractivity (Wildman–Crippen MR) is 135 cm³/mol. The summed E-state index contributed by atoms with van der Waals surface area (Å²) in [4.78, 5) is 0. The minimum Gasteiger partial charge on any atom is -0.205 e. The van der Waals surface area contributed by atoms with Crippen molar-refractivity contribution in [2.24, 2.45) is 0 Å². The van der Waals surface area contributed by atoms with Crippen molar-refractivity contribution in [3.8, 4) is 30.3 Å². The van der Waals surface area contributed by atoms with Crippen molar-refractivity contribution in [3.05, 3.63) is 120 Å². The molecule has 16 heteroatoms. The predicted octanol–water partition coefficient (Wildman–Crippen LogP) is 7.88. The Labute approximate surface area is 255 Å². The standard InChI is InChI=1S/C31H6F11N5/c1-8(17-28(39)23(34)13(6-46)24(35)29(17)40)16-18(10(3-43)15-9(2)21(32)12(5-45)22(33)27(15)38)19(16)11(4-44)20-30(41)25(36)14(7-47)26(37)31(20)42/h1-2H3/b16-8-,18-10?,19-11-. The summed E-state index contributed by atoms with van der Waals surface area (Å²) >= 11 is 0. The minimum atomic E-state index is -2.38. The number of nitrogens with zero attached hydrogens (tertiary/aromatic N) is 5.